The highest BCUT2D eigenvalue weighted by Gasteiger charge is 2.37. The van der Waals surface area contributed by atoms with Gasteiger partial charge in [0.05, 0.1) is 25.8 Å². The molecule has 0 radical (unpaired) electrons. The van der Waals surface area contributed by atoms with Crippen molar-refractivity contribution in [1.29, 1.82) is 0 Å². The number of rotatable bonds is 7. The van der Waals surface area contributed by atoms with Gasteiger partial charge in [0.25, 0.3) is 5.91 Å². The van der Waals surface area contributed by atoms with Gasteiger partial charge in [-0.05, 0) is 19.1 Å². The quantitative estimate of drug-likeness (QED) is 0.691. The number of methoxy groups -OCH3 is 2. The number of aryl methyl sites for hydroxylation is 1. The van der Waals surface area contributed by atoms with Gasteiger partial charge in [-0.1, -0.05) is 5.16 Å². The smallest absolute Gasteiger partial charge is 0.311 e. The van der Waals surface area contributed by atoms with E-state index in [1.54, 1.807) is 25.1 Å². The second kappa shape index (κ2) is 8.63. The minimum atomic E-state index is -0.684. The first-order chi connectivity index (χ1) is 13.9. The Kier molecular flexibility index (Phi) is 6.01. The lowest BCUT2D eigenvalue weighted by atomic mass is 10.1. The molecule has 0 bridgehead atoms. The van der Waals surface area contributed by atoms with E-state index in [4.69, 9.17) is 18.7 Å². The van der Waals surface area contributed by atoms with Crippen LogP contribution in [-0.2, 0) is 19.1 Å². The Labute approximate surface area is 166 Å². The van der Waals surface area contributed by atoms with E-state index in [-0.39, 0.29) is 24.7 Å². The molecule has 10 heteroatoms. The number of hydrogen-bond acceptors (Lipinski definition) is 8. The maximum absolute atomic E-state index is 12.4. The van der Waals surface area contributed by atoms with Crippen molar-refractivity contribution in [2.24, 2.45) is 5.92 Å². The van der Waals surface area contributed by atoms with Crippen molar-refractivity contribution in [3.05, 3.63) is 30.0 Å². The number of ether oxygens (including phenoxy) is 3. The van der Waals surface area contributed by atoms with Crippen LogP contribution in [0.1, 0.15) is 12.2 Å². The second-order valence-corrected chi connectivity index (χ2v) is 6.42. The van der Waals surface area contributed by atoms with Crippen molar-refractivity contribution < 1.29 is 33.1 Å². The average molecular weight is 403 g/mol. The number of benzene rings is 1. The lowest BCUT2D eigenvalue weighted by Crippen LogP contribution is -2.28. The van der Waals surface area contributed by atoms with E-state index >= 15 is 0 Å². The molecule has 3 rings (SSSR count). The molecule has 1 aromatic carbocycles. The van der Waals surface area contributed by atoms with Crippen LogP contribution < -0.4 is 19.7 Å². The Morgan fingerprint density at radius 2 is 2.07 bits per heavy atom. The van der Waals surface area contributed by atoms with Crippen LogP contribution in [0.2, 0.25) is 0 Å². The van der Waals surface area contributed by atoms with Gasteiger partial charge >= 0.3 is 5.97 Å². The molecule has 1 aliphatic rings. The first-order valence-corrected chi connectivity index (χ1v) is 8.83. The van der Waals surface area contributed by atoms with Gasteiger partial charge in [0.15, 0.2) is 12.4 Å². The number of nitrogens with zero attached hydrogens (tertiary/aromatic N) is 2. The van der Waals surface area contributed by atoms with Crippen molar-refractivity contribution in [3.63, 3.8) is 0 Å². The molecule has 1 aromatic heterocycles. The first-order valence-electron chi connectivity index (χ1n) is 8.83. The maximum Gasteiger partial charge on any atom is 0.311 e. The lowest BCUT2D eigenvalue weighted by molar-refractivity contribution is -0.151. The summed E-state index contributed by atoms with van der Waals surface area (Å²) in [5, 5.41) is 6.07. The molecule has 0 saturated carbocycles. The summed E-state index contributed by atoms with van der Waals surface area (Å²) < 4.78 is 20.4. The summed E-state index contributed by atoms with van der Waals surface area (Å²) in [6, 6.07) is 6.59. The summed E-state index contributed by atoms with van der Waals surface area (Å²) in [7, 11) is 3.01. The molecule has 2 amide bonds. The molecule has 29 heavy (non-hydrogen) atoms. The van der Waals surface area contributed by atoms with Gasteiger partial charge in [0, 0.05) is 25.1 Å². The number of aromatic nitrogens is 1. The van der Waals surface area contributed by atoms with Crippen LogP contribution in [0.25, 0.3) is 0 Å². The minimum Gasteiger partial charge on any atom is -0.497 e. The number of amides is 2. The van der Waals surface area contributed by atoms with E-state index < -0.39 is 24.4 Å². The molecule has 154 valence electrons. The van der Waals surface area contributed by atoms with Crippen LogP contribution in [-0.4, -0.2) is 50.3 Å². The zero-order valence-corrected chi connectivity index (χ0v) is 16.3. The molecule has 1 N–H and O–H groups in total. The molecule has 1 aliphatic heterocycles. The molecule has 2 aromatic rings. The molecule has 10 nitrogen and oxygen atoms in total. The molecular formula is C19H21N3O7. The number of anilines is 2. The summed E-state index contributed by atoms with van der Waals surface area (Å²) in [6.45, 7) is 1.33. The Morgan fingerprint density at radius 1 is 1.28 bits per heavy atom. The highest BCUT2D eigenvalue weighted by molar-refractivity contribution is 6.01. The largest absolute Gasteiger partial charge is 0.497 e. The minimum absolute atomic E-state index is 0.0158. The van der Waals surface area contributed by atoms with Gasteiger partial charge < -0.3 is 29.0 Å². The van der Waals surface area contributed by atoms with E-state index in [0.717, 1.165) is 0 Å². The third-order valence-corrected chi connectivity index (χ3v) is 4.38. The van der Waals surface area contributed by atoms with Crippen molar-refractivity contribution >= 4 is 29.3 Å². The number of esters is 1. The predicted molar refractivity (Wildman–Crippen MR) is 101 cm³/mol. The van der Waals surface area contributed by atoms with Crippen LogP contribution in [0.3, 0.4) is 0 Å². The predicted octanol–water partition coefficient (Wildman–Crippen LogP) is 1.54. The van der Waals surface area contributed by atoms with Gasteiger partial charge in [0.2, 0.25) is 5.91 Å². The van der Waals surface area contributed by atoms with Gasteiger partial charge in [0.1, 0.15) is 17.3 Å². The van der Waals surface area contributed by atoms with Crippen LogP contribution >= 0.6 is 0 Å². The van der Waals surface area contributed by atoms with Crippen LogP contribution in [0, 0.1) is 12.8 Å². The van der Waals surface area contributed by atoms with Crippen molar-refractivity contribution in [2.45, 2.75) is 13.3 Å². The SMILES string of the molecule is COc1ccc(N2C[C@H](C(=O)OCC(=O)Nc3cc(C)on3)CC2=O)c(OC)c1. The fourth-order valence-electron chi connectivity index (χ4n) is 2.96. The van der Waals surface area contributed by atoms with Crippen molar-refractivity contribution in [3.8, 4) is 11.5 Å². The summed E-state index contributed by atoms with van der Waals surface area (Å²) in [5.74, 6) is -0.289. The number of hydrogen-bond donors (Lipinski definition) is 1. The van der Waals surface area contributed by atoms with Crippen LogP contribution in [0.4, 0.5) is 11.5 Å². The highest BCUT2D eigenvalue weighted by Crippen LogP contribution is 2.36. The van der Waals surface area contributed by atoms with E-state index in [1.807, 2.05) is 0 Å². The third-order valence-electron chi connectivity index (χ3n) is 4.38. The lowest BCUT2D eigenvalue weighted by Gasteiger charge is -2.20. The van der Waals surface area contributed by atoms with Crippen molar-refractivity contribution in [1.82, 2.24) is 5.16 Å². The third kappa shape index (κ3) is 4.65. The number of carbonyl (C=O) groups is 3. The standard InChI is InChI=1S/C19H21N3O7/c1-11-6-16(21-29-11)20-17(23)10-28-19(25)12-7-18(24)22(9-12)14-5-4-13(26-2)8-15(14)27-3/h4-6,8,12H,7,9-10H2,1-3H3,(H,20,21,23)/t12-/m1/s1. The molecule has 0 spiro atoms. The Balaban J connectivity index is 1.58. The maximum atomic E-state index is 12.4. The van der Waals surface area contributed by atoms with Gasteiger partial charge in [-0.15, -0.1) is 0 Å². The van der Waals surface area contributed by atoms with E-state index in [1.165, 1.54) is 25.2 Å². The molecule has 0 aliphatic carbocycles. The molecular weight excluding hydrogens is 382 g/mol. The normalized spacial score (nSPS) is 15.9. The first kappa shape index (κ1) is 20.2. The van der Waals surface area contributed by atoms with E-state index in [0.29, 0.717) is 22.9 Å². The van der Waals surface area contributed by atoms with E-state index in [2.05, 4.69) is 10.5 Å². The molecule has 1 fully saturated rings. The Bertz CT molecular complexity index is 924. The highest BCUT2D eigenvalue weighted by atomic mass is 16.5. The molecule has 1 atom stereocenters. The zero-order valence-electron chi connectivity index (χ0n) is 16.3. The second-order valence-electron chi connectivity index (χ2n) is 6.42. The topological polar surface area (TPSA) is 120 Å². The van der Waals surface area contributed by atoms with Crippen molar-refractivity contribution in [2.75, 3.05) is 37.6 Å². The average Bonchev–Trinajstić information content (AvgIpc) is 3.30. The number of nitrogens with one attached hydrogen (secondary N) is 1. The van der Waals surface area contributed by atoms with Gasteiger partial charge in [-0.3, -0.25) is 14.4 Å². The summed E-state index contributed by atoms with van der Waals surface area (Å²) in [4.78, 5) is 38.1. The van der Waals surface area contributed by atoms with Gasteiger partial charge in [-0.2, -0.15) is 0 Å². The number of carbonyl (C=O) groups excluding carboxylic acids is 3. The summed E-state index contributed by atoms with van der Waals surface area (Å²) in [5.41, 5.74) is 0.535. The zero-order chi connectivity index (χ0) is 21.0. The monoisotopic (exact) mass is 403 g/mol. The molecule has 2 heterocycles. The summed E-state index contributed by atoms with van der Waals surface area (Å²) in [6.07, 6.45) is -0.0158. The molecule has 1 saturated heterocycles. The Hall–Kier alpha value is -3.56. The van der Waals surface area contributed by atoms with Crippen LogP contribution in [0.15, 0.2) is 28.8 Å². The van der Waals surface area contributed by atoms with Crippen LogP contribution in [0.5, 0.6) is 11.5 Å². The van der Waals surface area contributed by atoms with E-state index in [9.17, 15) is 14.4 Å². The fourth-order valence-corrected chi connectivity index (χ4v) is 2.96. The fraction of sp³-hybridized carbons (Fsp3) is 0.368. The summed E-state index contributed by atoms with van der Waals surface area (Å²) >= 11 is 0. The molecule has 0 unspecified atom stereocenters. The Morgan fingerprint density at radius 3 is 2.72 bits per heavy atom. The van der Waals surface area contributed by atoms with Gasteiger partial charge in [-0.25, -0.2) is 0 Å².